The summed E-state index contributed by atoms with van der Waals surface area (Å²) in [5.74, 6) is 0. The summed E-state index contributed by atoms with van der Waals surface area (Å²) in [5.41, 5.74) is -0.122. The summed E-state index contributed by atoms with van der Waals surface area (Å²) in [6.07, 6.45) is 0.663. The van der Waals surface area contributed by atoms with E-state index in [1.807, 2.05) is 27.7 Å². The standard InChI is InChI=1S/C12H25NO3/c1-6-10(3)16-11(15)13-8-12(4,5)7-9(2)14/h9-10,14H,6-8H2,1-5H3,(H,13,15). The van der Waals surface area contributed by atoms with Gasteiger partial charge < -0.3 is 15.2 Å². The molecule has 0 bridgehead atoms. The smallest absolute Gasteiger partial charge is 0.407 e. The summed E-state index contributed by atoms with van der Waals surface area (Å²) < 4.78 is 5.09. The van der Waals surface area contributed by atoms with Gasteiger partial charge >= 0.3 is 6.09 Å². The Bertz CT molecular complexity index is 214. The largest absolute Gasteiger partial charge is 0.447 e. The van der Waals surface area contributed by atoms with E-state index in [-0.39, 0.29) is 23.7 Å². The molecule has 0 fully saturated rings. The predicted molar refractivity (Wildman–Crippen MR) is 64.3 cm³/mol. The molecule has 2 atom stereocenters. The summed E-state index contributed by atoms with van der Waals surface area (Å²) in [7, 11) is 0. The van der Waals surface area contributed by atoms with Gasteiger partial charge in [-0.1, -0.05) is 20.8 Å². The molecule has 0 aromatic rings. The van der Waals surface area contributed by atoms with Gasteiger partial charge in [-0.15, -0.1) is 0 Å². The lowest BCUT2D eigenvalue weighted by Crippen LogP contribution is -2.37. The number of aliphatic hydroxyl groups excluding tert-OH is 1. The maximum atomic E-state index is 11.3. The van der Waals surface area contributed by atoms with Crippen LogP contribution in [0.5, 0.6) is 0 Å². The molecule has 0 heterocycles. The fraction of sp³-hybridized carbons (Fsp3) is 0.917. The highest BCUT2D eigenvalue weighted by atomic mass is 16.6. The van der Waals surface area contributed by atoms with Gasteiger partial charge in [-0.3, -0.25) is 0 Å². The highest BCUT2D eigenvalue weighted by Crippen LogP contribution is 2.21. The van der Waals surface area contributed by atoms with Gasteiger partial charge in [0, 0.05) is 6.54 Å². The molecule has 0 spiro atoms. The van der Waals surface area contributed by atoms with Crippen molar-refractivity contribution in [1.82, 2.24) is 5.32 Å². The Kier molecular flexibility index (Phi) is 6.41. The van der Waals surface area contributed by atoms with E-state index in [4.69, 9.17) is 4.74 Å². The van der Waals surface area contributed by atoms with Crippen LogP contribution in [0.1, 0.15) is 47.5 Å². The minimum atomic E-state index is -0.381. The third-order valence-electron chi connectivity index (χ3n) is 2.44. The SMILES string of the molecule is CCC(C)OC(=O)NCC(C)(C)CC(C)O. The number of amides is 1. The van der Waals surface area contributed by atoms with Gasteiger partial charge in [0.25, 0.3) is 0 Å². The molecular formula is C12H25NO3. The Morgan fingerprint density at radius 2 is 2.00 bits per heavy atom. The van der Waals surface area contributed by atoms with Crippen LogP contribution in [0.25, 0.3) is 0 Å². The van der Waals surface area contributed by atoms with Crippen LogP contribution in [0.15, 0.2) is 0 Å². The fourth-order valence-corrected chi connectivity index (χ4v) is 1.49. The maximum absolute atomic E-state index is 11.3. The first kappa shape index (κ1) is 15.2. The normalized spacial score (nSPS) is 15.4. The van der Waals surface area contributed by atoms with Crippen LogP contribution >= 0.6 is 0 Å². The second-order valence-corrected chi connectivity index (χ2v) is 5.20. The number of alkyl carbamates (subject to hydrolysis) is 1. The number of nitrogens with one attached hydrogen (secondary N) is 1. The molecule has 0 rings (SSSR count). The second kappa shape index (κ2) is 6.74. The highest BCUT2D eigenvalue weighted by molar-refractivity contribution is 5.67. The van der Waals surface area contributed by atoms with Crippen molar-refractivity contribution in [3.63, 3.8) is 0 Å². The molecule has 0 radical (unpaired) electrons. The summed E-state index contributed by atoms with van der Waals surface area (Å²) in [4.78, 5) is 11.3. The van der Waals surface area contributed by atoms with E-state index in [1.165, 1.54) is 0 Å². The third-order valence-corrected chi connectivity index (χ3v) is 2.44. The number of ether oxygens (including phenoxy) is 1. The Morgan fingerprint density at radius 3 is 2.44 bits per heavy atom. The van der Waals surface area contributed by atoms with E-state index in [2.05, 4.69) is 5.32 Å². The topological polar surface area (TPSA) is 58.6 Å². The lowest BCUT2D eigenvalue weighted by molar-refractivity contribution is 0.0941. The van der Waals surface area contributed by atoms with E-state index < -0.39 is 0 Å². The van der Waals surface area contributed by atoms with Gasteiger partial charge in [-0.25, -0.2) is 4.79 Å². The third kappa shape index (κ3) is 7.51. The molecule has 16 heavy (non-hydrogen) atoms. The summed E-state index contributed by atoms with van der Waals surface area (Å²) in [6, 6.07) is 0. The number of hydrogen-bond acceptors (Lipinski definition) is 3. The average molecular weight is 231 g/mol. The van der Waals surface area contributed by atoms with Crippen LogP contribution < -0.4 is 5.32 Å². The minimum Gasteiger partial charge on any atom is -0.447 e. The molecule has 0 aliphatic carbocycles. The average Bonchev–Trinajstić information content (AvgIpc) is 2.13. The monoisotopic (exact) mass is 231 g/mol. The number of aliphatic hydroxyl groups is 1. The number of rotatable bonds is 6. The number of carbonyl (C=O) groups excluding carboxylic acids is 1. The molecule has 4 heteroatoms. The molecule has 96 valence electrons. The highest BCUT2D eigenvalue weighted by Gasteiger charge is 2.21. The van der Waals surface area contributed by atoms with E-state index in [0.29, 0.717) is 13.0 Å². The summed E-state index contributed by atoms with van der Waals surface area (Å²) >= 11 is 0. The van der Waals surface area contributed by atoms with E-state index >= 15 is 0 Å². The van der Waals surface area contributed by atoms with Crippen LogP contribution in [-0.4, -0.2) is 30.0 Å². The van der Waals surface area contributed by atoms with Gasteiger partial charge in [0.1, 0.15) is 6.10 Å². The Balaban J connectivity index is 3.90. The summed E-state index contributed by atoms with van der Waals surface area (Å²) in [5, 5.41) is 12.0. The van der Waals surface area contributed by atoms with Crippen LogP contribution in [0, 0.1) is 5.41 Å². The van der Waals surface area contributed by atoms with Crippen molar-refractivity contribution in [1.29, 1.82) is 0 Å². The van der Waals surface area contributed by atoms with Crippen LogP contribution in [0.4, 0.5) is 4.79 Å². The molecule has 2 N–H and O–H groups in total. The van der Waals surface area contributed by atoms with Crippen molar-refractivity contribution >= 4 is 6.09 Å². The Morgan fingerprint density at radius 1 is 1.44 bits per heavy atom. The van der Waals surface area contributed by atoms with E-state index in [1.54, 1.807) is 6.92 Å². The molecule has 2 unspecified atom stereocenters. The molecule has 0 aromatic heterocycles. The zero-order chi connectivity index (χ0) is 12.8. The Labute approximate surface area is 98.4 Å². The zero-order valence-electron chi connectivity index (χ0n) is 11.0. The molecule has 0 aromatic carbocycles. The fourth-order valence-electron chi connectivity index (χ4n) is 1.49. The first-order valence-electron chi connectivity index (χ1n) is 5.89. The van der Waals surface area contributed by atoms with Gasteiger partial charge in [0.15, 0.2) is 0 Å². The van der Waals surface area contributed by atoms with Gasteiger partial charge in [-0.2, -0.15) is 0 Å². The first-order valence-corrected chi connectivity index (χ1v) is 5.89. The summed E-state index contributed by atoms with van der Waals surface area (Å²) in [6.45, 7) is 10.1. The molecular weight excluding hydrogens is 206 g/mol. The lowest BCUT2D eigenvalue weighted by atomic mass is 9.87. The van der Waals surface area contributed by atoms with Gasteiger partial charge in [-0.05, 0) is 32.1 Å². The molecule has 0 aliphatic rings. The van der Waals surface area contributed by atoms with Crippen LogP contribution in [-0.2, 0) is 4.74 Å². The van der Waals surface area contributed by atoms with Crippen LogP contribution in [0.2, 0.25) is 0 Å². The molecule has 0 aliphatic heterocycles. The Hall–Kier alpha value is -0.770. The zero-order valence-corrected chi connectivity index (χ0v) is 11.0. The molecule has 0 saturated carbocycles. The quantitative estimate of drug-likeness (QED) is 0.737. The van der Waals surface area contributed by atoms with Crippen molar-refractivity contribution < 1.29 is 14.6 Å². The second-order valence-electron chi connectivity index (χ2n) is 5.20. The predicted octanol–water partition coefficient (Wildman–Crippen LogP) is 2.31. The van der Waals surface area contributed by atoms with E-state index in [0.717, 1.165) is 6.42 Å². The maximum Gasteiger partial charge on any atom is 0.407 e. The lowest BCUT2D eigenvalue weighted by Gasteiger charge is -2.26. The van der Waals surface area contributed by atoms with Gasteiger partial charge in [0.2, 0.25) is 0 Å². The van der Waals surface area contributed by atoms with Crippen molar-refractivity contribution in [2.24, 2.45) is 5.41 Å². The number of carbonyl (C=O) groups is 1. The van der Waals surface area contributed by atoms with E-state index in [9.17, 15) is 9.90 Å². The van der Waals surface area contributed by atoms with Crippen molar-refractivity contribution in [3.05, 3.63) is 0 Å². The minimum absolute atomic E-state index is 0.0557. The molecule has 0 saturated heterocycles. The van der Waals surface area contributed by atoms with Gasteiger partial charge in [0.05, 0.1) is 6.10 Å². The van der Waals surface area contributed by atoms with Crippen molar-refractivity contribution in [2.45, 2.75) is 59.7 Å². The van der Waals surface area contributed by atoms with Crippen molar-refractivity contribution in [3.8, 4) is 0 Å². The van der Waals surface area contributed by atoms with Crippen molar-refractivity contribution in [2.75, 3.05) is 6.54 Å². The first-order chi connectivity index (χ1) is 7.26. The molecule has 1 amide bonds. The number of hydrogen-bond donors (Lipinski definition) is 2. The van der Waals surface area contributed by atoms with Crippen LogP contribution in [0.3, 0.4) is 0 Å². The molecule has 4 nitrogen and oxygen atoms in total.